The van der Waals surface area contributed by atoms with Crippen LogP contribution in [0.5, 0.6) is 0 Å². The Balaban J connectivity index is 1.57. The summed E-state index contributed by atoms with van der Waals surface area (Å²) in [5.74, 6) is -0.514. The van der Waals surface area contributed by atoms with Crippen LogP contribution in [0.15, 0.2) is 35.0 Å². The van der Waals surface area contributed by atoms with Crippen molar-refractivity contribution in [2.75, 3.05) is 11.9 Å². The maximum absolute atomic E-state index is 12.2. The molecule has 1 N–H and O–H groups in total. The van der Waals surface area contributed by atoms with Crippen molar-refractivity contribution in [1.82, 2.24) is 9.97 Å². The van der Waals surface area contributed by atoms with Gasteiger partial charge in [0.15, 0.2) is 5.13 Å². The van der Waals surface area contributed by atoms with E-state index in [0.717, 1.165) is 16.3 Å². The first-order valence-electron chi connectivity index (χ1n) is 8.45. The lowest BCUT2D eigenvalue weighted by Crippen LogP contribution is -2.14. The standard InChI is InChI=1S/C19H19N3O3S2/c1-3-25-17(24)9-15-11-27-19(21-15)22-16(23)8-14-10-26-18(20-14)13-6-4-5-12(2)7-13/h4-7,10-11H,3,8-9H2,1-2H3,(H,21,22,23). The molecule has 3 rings (SSSR count). The second-order valence-electron chi connectivity index (χ2n) is 5.86. The molecule has 140 valence electrons. The highest BCUT2D eigenvalue weighted by molar-refractivity contribution is 7.14. The van der Waals surface area contributed by atoms with Crippen LogP contribution in [-0.2, 0) is 27.2 Å². The zero-order chi connectivity index (χ0) is 19.2. The predicted molar refractivity (Wildman–Crippen MR) is 107 cm³/mol. The van der Waals surface area contributed by atoms with E-state index in [1.54, 1.807) is 12.3 Å². The number of carbonyl (C=O) groups is 2. The quantitative estimate of drug-likeness (QED) is 0.608. The van der Waals surface area contributed by atoms with E-state index in [-0.39, 0.29) is 24.7 Å². The van der Waals surface area contributed by atoms with Crippen molar-refractivity contribution in [2.45, 2.75) is 26.7 Å². The van der Waals surface area contributed by atoms with Crippen molar-refractivity contribution < 1.29 is 14.3 Å². The average Bonchev–Trinajstić information content (AvgIpc) is 3.25. The van der Waals surface area contributed by atoms with Gasteiger partial charge in [0.2, 0.25) is 5.91 Å². The first kappa shape index (κ1) is 19.2. The molecule has 0 fully saturated rings. The minimum Gasteiger partial charge on any atom is -0.466 e. The number of hydrogen-bond acceptors (Lipinski definition) is 7. The number of aryl methyl sites for hydroxylation is 1. The summed E-state index contributed by atoms with van der Waals surface area (Å²) >= 11 is 2.80. The van der Waals surface area contributed by atoms with E-state index < -0.39 is 0 Å². The maximum Gasteiger partial charge on any atom is 0.311 e. The Morgan fingerprint density at radius 1 is 1.11 bits per heavy atom. The van der Waals surface area contributed by atoms with Gasteiger partial charge < -0.3 is 10.1 Å². The van der Waals surface area contributed by atoms with Gasteiger partial charge in [0.05, 0.1) is 30.8 Å². The van der Waals surface area contributed by atoms with Gasteiger partial charge in [0.25, 0.3) is 0 Å². The summed E-state index contributed by atoms with van der Waals surface area (Å²) in [6.45, 7) is 4.13. The SMILES string of the molecule is CCOC(=O)Cc1csc(NC(=O)Cc2csc(-c3cccc(C)c3)n2)n1. The Morgan fingerprint density at radius 2 is 1.89 bits per heavy atom. The molecular formula is C19H19N3O3S2. The normalized spacial score (nSPS) is 10.6. The third-order valence-electron chi connectivity index (χ3n) is 3.59. The summed E-state index contributed by atoms with van der Waals surface area (Å²) in [6.07, 6.45) is 0.279. The molecule has 0 unspecified atom stereocenters. The number of nitrogens with zero attached hydrogens (tertiary/aromatic N) is 2. The molecule has 0 saturated heterocycles. The molecule has 0 atom stereocenters. The number of esters is 1. The molecule has 0 spiro atoms. The van der Waals surface area contributed by atoms with Crippen molar-refractivity contribution in [1.29, 1.82) is 0 Å². The minimum absolute atomic E-state index is 0.103. The molecule has 1 amide bonds. The number of ether oxygens (including phenoxy) is 1. The highest BCUT2D eigenvalue weighted by Crippen LogP contribution is 2.25. The molecule has 0 aliphatic rings. The highest BCUT2D eigenvalue weighted by atomic mass is 32.1. The molecule has 2 aromatic heterocycles. The monoisotopic (exact) mass is 401 g/mol. The largest absolute Gasteiger partial charge is 0.466 e. The van der Waals surface area contributed by atoms with Crippen LogP contribution in [0, 0.1) is 6.92 Å². The van der Waals surface area contributed by atoms with Gasteiger partial charge in [-0.15, -0.1) is 22.7 Å². The lowest BCUT2D eigenvalue weighted by Gasteiger charge is -2.00. The Labute approximate surface area is 165 Å². The molecule has 2 heterocycles. The Hall–Kier alpha value is -2.58. The van der Waals surface area contributed by atoms with E-state index in [1.807, 2.05) is 30.5 Å². The van der Waals surface area contributed by atoms with Gasteiger partial charge in [0, 0.05) is 16.3 Å². The molecule has 1 aromatic carbocycles. The summed E-state index contributed by atoms with van der Waals surface area (Å²) in [4.78, 5) is 32.5. The van der Waals surface area contributed by atoms with Gasteiger partial charge in [-0.25, -0.2) is 9.97 Å². The molecule has 0 saturated carbocycles. The fourth-order valence-electron chi connectivity index (χ4n) is 2.43. The van der Waals surface area contributed by atoms with Crippen LogP contribution >= 0.6 is 22.7 Å². The maximum atomic E-state index is 12.2. The average molecular weight is 402 g/mol. The van der Waals surface area contributed by atoms with Crippen LogP contribution in [0.1, 0.15) is 23.9 Å². The van der Waals surface area contributed by atoms with Crippen molar-refractivity contribution >= 4 is 39.7 Å². The number of carbonyl (C=O) groups excluding carboxylic acids is 2. The lowest BCUT2D eigenvalue weighted by atomic mass is 10.1. The van der Waals surface area contributed by atoms with Gasteiger partial charge in [-0.2, -0.15) is 0 Å². The zero-order valence-electron chi connectivity index (χ0n) is 15.0. The zero-order valence-corrected chi connectivity index (χ0v) is 16.7. The topological polar surface area (TPSA) is 81.2 Å². The molecular weight excluding hydrogens is 382 g/mol. The number of rotatable bonds is 7. The molecule has 6 nitrogen and oxygen atoms in total. The summed E-state index contributed by atoms with van der Waals surface area (Å²) in [5, 5.41) is 7.75. The van der Waals surface area contributed by atoms with Crippen molar-refractivity contribution in [3.8, 4) is 10.6 Å². The Kier molecular flexibility index (Phi) is 6.31. The third-order valence-corrected chi connectivity index (χ3v) is 5.33. The van der Waals surface area contributed by atoms with Crippen LogP contribution in [0.4, 0.5) is 5.13 Å². The van der Waals surface area contributed by atoms with E-state index in [9.17, 15) is 9.59 Å². The van der Waals surface area contributed by atoms with Gasteiger partial charge >= 0.3 is 5.97 Å². The number of aromatic nitrogens is 2. The van der Waals surface area contributed by atoms with E-state index in [0.29, 0.717) is 17.4 Å². The second-order valence-corrected chi connectivity index (χ2v) is 7.58. The van der Waals surface area contributed by atoms with Gasteiger partial charge in [0.1, 0.15) is 5.01 Å². The van der Waals surface area contributed by atoms with Crippen LogP contribution < -0.4 is 5.32 Å². The summed E-state index contributed by atoms with van der Waals surface area (Å²) in [7, 11) is 0. The number of benzene rings is 1. The summed E-state index contributed by atoms with van der Waals surface area (Å²) in [6, 6.07) is 8.12. The lowest BCUT2D eigenvalue weighted by molar-refractivity contribution is -0.142. The van der Waals surface area contributed by atoms with E-state index in [4.69, 9.17) is 4.74 Å². The van der Waals surface area contributed by atoms with E-state index in [1.165, 1.54) is 28.2 Å². The predicted octanol–water partition coefficient (Wildman–Crippen LogP) is 3.86. The van der Waals surface area contributed by atoms with Gasteiger partial charge in [-0.1, -0.05) is 23.8 Å². The van der Waals surface area contributed by atoms with Crippen molar-refractivity contribution in [2.24, 2.45) is 0 Å². The van der Waals surface area contributed by atoms with Crippen LogP contribution in [0.2, 0.25) is 0 Å². The van der Waals surface area contributed by atoms with E-state index >= 15 is 0 Å². The van der Waals surface area contributed by atoms with Gasteiger partial charge in [-0.05, 0) is 19.9 Å². The highest BCUT2D eigenvalue weighted by Gasteiger charge is 2.13. The fourth-order valence-corrected chi connectivity index (χ4v) is 3.98. The second kappa shape index (κ2) is 8.88. The first-order chi connectivity index (χ1) is 13.0. The first-order valence-corrected chi connectivity index (χ1v) is 10.2. The number of hydrogen-bond donors (Lipinski definition) is 1. The van der Waals surface area contributed by atoms with Crippen molar-refractivity contribution in [3.05, 3.63) is 52.0 Å². The summed E-state index contributed by atoms with van der Waals surface area (Å²) in [5.41, 5.74) is 3.53. The van der Waals surface area contributed by atoms with Crippen molar-refractivity contribution in [3.63, 3.8) is 0 Å². The smallest absolute Gasteiger partial charge is 0.311 e. The van der Waals surface area contributed by atoms with Crippen LogP contribution in [0.25, 0.3) is 10.6 Å². The summed E-state index contributed by atoms with van der Waals surface area (Å²) < 4.78 is 4.89. The van der Waals surface area contributed by atoms with Crippen LogP contribution in [0.3, 0.4) is 0 Å². The number of thiazole rings is 2. The third kappa shape index (κ3) is 5.45. The molecule has 3 aromatic rings. The Morgan fingerprint density at radius 3 is 2.67 bits per heavy atom. The molecule has 27 heavy (non-hydrogen) atoms. The number of amides is 1. The minimum atomic E-state index is -0.327. The molecule has 0 aliphatic heterocycles. The molecule has 0 radical (unpaired) electrons. The van der Waals surface area contributed by atoms with Crippen LogP contribution in [-0.4, -0.2) is 28.5 Å². The van der Waals surface area contributed by atoms with E-state index in [2.05, 4.69) is 21.4 Å². The molecule has 0 aliphatic carbocycles. The molecule has 8 heteroatoms. The number of anilines is 1. The number of nitrogens with one attached hydrogen (secondary N) is 1. The Bertz CT molecular complexity index is 949. The fraction of sp³-hybridized carbons (Fsp3) is 0.263. The molecule has 0 bridgehead atoms. The van der Waals surface area contributed by atoms with Gasteiger partial charge in [-0.3, -0.25) is 9.59 Å².